The fourth-order valence-corrected chi connectivity index (χ4v) is 1.95. The first kappa shape index (κ1) is 14.1. The van der Waals surface area contributed by atoms with Gasteiger partial charge in [0.15, 0.2) is 0 Å². The summed E-state index contributed by atoms with van der Waals surface area (Å²) in [6.45, 7) is 0.370. The number of aryl methyl sites for hydroxylation is 1. The van der Waals surface area contributed by atoms with Gasteiger partial charge in [0.25, 0.3) is 0 Å². The van der Waals surface area contributed by atoms with Gasteiger partial charge >= 0.3 is 0 Å². The maximum atomic E-state index is 11.2. The lowest BCUT2D eigenvalue weighted by atomic mass is 10.1. The summed E-state index contributed by atoms with van der Waals surface area (Å²) in [5.41, 5.74) is 3.18. The van der Waals surface area contributed by atoms with E-state index >= 15 is 0 Å². The van der Waals surface area contributed by atoms with Crippen molar-refractivity contribution in [3.8, 4) is 17.3 Å². The first-order valence-electron chi connectivity index (χ1n) is 5.99. The van der Waals surface area contributed by atoms with Crippen LogP contribution in [0.25, 0.3) is 11.3 Å². The summed E-state index contributed by atoms with van der Waals surface area (Å²) < 4.78 is 1.69. The van der Waals surface area contributed by atoms with Crippen molar-refractivity contribution in [2.24, 2.45) is 7.05 Å². The molecule has 5 nitrogen and oxygen atoms in total. The molecule has 0 bridgehead atoms. The van der Waals surface area contributed by atoms with Crippen LogP contribution >= 0.6 is 11.6 Å². The number of hydrogen-bond donors (Lipinski definition) is 1. The minimum Gasteiger partial charge on any atom is -0.351 e. The second-order valence-corrected chi connectivity index (χ2v) is 4.54. The van der Waals surface area contributed by atoms with Crippen LogP contribution < -0.4 is 5.32 Å². The van der Waals surface area contributed by atoms with Gasteiger partial charge in [-0.15, -0.1) is 11.6 Å². The molecule has 1 aromatic carbocycles. The van der Waals surface area contributed by atoms with E-state index in [0.717, 1.165) is 16.8 Å². The van der Waals surface area contributed by atoms with Crippen LogP contribution in [0.15, 0.2) is 30.5 Å². The number of alkyl halides is 1. The molecule has 1 heterocycles. The van der Waals surface area contributed by atoms with E-state index in [1.807, 2.05) is 25.4 Å². The molecule has 0 spiro atoms. The van der Waals surface area contributed by atoms with Crippen molar-refractivity contribution in [3.63, 3.8) is 0 Å². The van der Waals surface area contributed by atoms with Gasteiger partial charge in [-0.1, -0.05) is 12.1 Å². The van der Waals surface area contributed by atoms with Gasteiger partial charge in [0.05, 0.1) is 17.3 Å². The topological polar surface area (TPSA) is 70.7 Å². The summed E-state index contributed by atoms with van der Waals surface area (Å²) in [6, 6.07) is 9.24. The van der Waals surface area contributed by atoms with Crippen molar-refractivity contribution in [3.05, 3.63) is 41.6 Å². The van der Waals surface area contributed by atoms with Gasteiger partial charge < -0.3 is 5.32 Å². The highest BCUT2D eigenvalue weighted by Gasteiger charge is 2.11. The van der Waals surface area contributed by atoms with Crippen LogP contribution in [0.2, 0.25) is 0 Å². The third-order valence-corrected chi connectivity index (χ3v) is 3.03. The van der Waals surface area contributed by atoms with E-state index in [4.69, 9.17) is 16.9 Å². The number of nitrogens with one attached hydrogen (secondary N) is 1. The third kappa shape index (κ3) is 3.16. The van der Waals surface area contributed by atoms with Crippen LogP contribution in [0.3, 0.4) is 0 Å². The molecular formula is C14H13ClN4O. The Kier molecular flexibility index (Phi) is 4.38. The monoisotopic (exact) mass is 288 g/mol. The summed E-state index contributed by atoms with van der Waals surface area (Å²) in [6.07, 6.45) is 1.85. The van der Waals surface area contributed by atoms with Crippen LogP contribution in [-0.2, 0) is 18.4 Å². The fourth-order valence-electron chi connectivity index (χ4n) is 1.85. The lowest BCUT2D eigenvalue weighted by Gasteiger charge is -2.04. The number of nitriles is 1. The number of benzene rings is 1. The highest BCUT2D eigenvalue weighted by Crippen LogP contribution is 2.22. The van der Waals surface area contributed by atoms with Crippen molar-refractivity contribution in [2.45, 2.75) is 6.54 Å². The molecule has 2 aromatic rings. The highest BCUT2D eigenvalue weighted by molar-refractivity contribution is 6.27. The lowest BCUT2D eigenvalue weighted by molar-refractivity contribution is -0.118. The predicted molar refractivity (Wildman–Crippen MR) is 75.9 cm³/mol. The van der Waals surface area contributed by atoms with Gasteiger partial charge in [-0.25, -0.2) is 0 Å². The normalized spacial score (nSPS) is 10.1. The maximum Gasteiger partial charge on any atom is 0.235 e. The molecule has 0 fully saturated rings. The fraction of sp³-hybridized carbons (Fsp3) is 0.214. The van der Waals surface area contributed by atoms with Crippen molar-refractivity contribution in [1.82, 2.24) is 15.1 Å². The largest absolute Gasteiger partial charge is 0.351 e. The van der Waals surface area contributed by atoms with Crippen LogP contribution in [0.5, 0.6) is 0 Å². The molecule has 1 amide bonds. The zero-order chi connectivity index (χ0) is 14.5. The lowest BCUT2D eigenvalue weighted by Crippen LogP contribution is -2.23. The van der Waals surface area contributed by atoms with E-state index in [0.29, 0.717) is 12.1 Å². The van der Waals surface area contributed by atoms with Crippen LogP contribution in [0.1, 0.15) is 11.1 Å². The van der Waals surface area contributed by atoms with Crippen molar-refractivity contribution >= 4 is 17.5 Å². The Morgan fingerprint density at radius 1 is 1.45 bits per heavy atom. The smallest absolute Gasteiger partial charge is 0.235 e. The molecule has 0 aliphatic carbocycles. The first-order chi connectivity index (χ1) is 9.63. The predicted octanol–water partition coefficient (Wildman–Crippen LogP) is 1.81. The van der Waals surface area contributed by atoms with Crippen molar-refractivity contribution in [1.29, 1.82) is 5.26 Å². The van der Waals surface area contributed by atoms with Crippen molar-refractivity contribution in [2.75, 3.05) is 5.88 Å². The van der Waals surface area contributed by atoms with E-state index in [1.54, 1.807) is 16.8 Å². The molecule has 6 heteroatoms. The van der Waals surface area contributed by atoms with Crippen LogP contribution in [0, 0.1) is 11.3 Å². The van der Waals surface area contributed by atoms with Crippen LogP contribution in [-0.4, -0.2) is 21.6 Å². The molecular weight excluding hydrogens is 276 g/mol. The number of carbonyl (C=O) groups excluding carboxylic acids is 1. The third-order valence-electron chi connectivity index (χ3n) is 2.79. The maximum absolute atomic E-state index is 11.2. The molecule has 0 unspecified atom stereocenters. The number of halogens is 1. The number of carbonyl (C=O) groups is 1. The van der Waals surface area contributed by atoms with Gasteiger partial charge in [-0.05, 0) is 12.1 Å². The summed E-state index contributed by atoms with van der Waals surface area (Å²) in [5.74, 6) is -0.284. The Bertz CT molecular complexity index is 655. The first-order valence-corrected chi connectivity index (χ1v) is 6.53. The molecule has 102 valence electrons. The summed E-state index contributed by atoms with van der Waals surface area (Å²) in [4.78, 5) is 11.2. The number of hydrogen-bond acceptors (Lipinski definition) is 3. The Labute approximate surface area is 121 Å². The zero-order valence-electron chi connectivity index (χ0n) is 10.9. The Balaban J connectivity index is 2.26. The van der Waals surface area contributed by atoms with Gasteiger partial charge in [-0.3, -0.25) is 9.48 Å². The molecule has 20 heavy (non-hydrogen) atoms. The average molecular weight is 289 g/mol. The zero-order valence-corrected chi connectivity index (χ0v) is 11.7. The molecule has 0 radical (unpaired) electrons. The number of nitrogens with zero attached hydrogens (tertiary/aromatic N) is 3. The van der Waals surface area contributed by atoms with E-state index in [9.17, 15) is 4.79 Å². The quantitative estimate of drug-likeness (QED) is 0.872. The molecule has 0 aliphatic heterocycles. The van der Waals surface area contributed by atoms with E-state index in [-0.39, 0.29) is 11.8 Å². The summed E-state index contributed by atoms with van der Waals surface area (Å²) in [5, 5.41) is 15.9. The molecule has 0 saturated carbocycles. The molecule has 2 rings (SSSR count). The molecule has 0 atom stereocenters. The molecule has 1 N–H and O–H groups in total. The van der Waals surface area contributed by atoms with E-state index < -0.39 is 0 Å². The Hall–Kier alpha value is -2.32. The van der Waals surface area contributed by atoms with E-state index in [1.165, 1.54) is 0 Å². The molecule has 1 aromatic heterocycles. The SMILES string of the molecule is Cn1cc(CNC(=O)CCl)c(-c2ccc(C#N)cc2)n1. The second-order valence-electron chi connectivity index (χ2n) is 4.28. The van der Waals surface area contributed by atoms with Crippen molar-refractivity contribution < 1.29 is 4.79 Å². The summed E-state index contributed by atoms with van der Waals surface area (Å²) in [7, 11) is 1.82. The highest BCUT2D eigenvalue weighted by atomic mass is 35.5. The van der Waals surface area contributed by atoms with Gasteiger partial charge in [0, 0.05) is 30.9 Å². The molecule has 0 aliphatic rings. The second kappa shape index (κ2) is 6.22. The minimum absolute atomic E-state index is 0.0630. The number of aromatic nitrogens is 2. The van der Waals surface area contributed by atoms with Gasteiger partial charge in [0.1, 0.15) is 5.88 Å². The number of rotatable bonds is 4. The number of amides is 1. The van der Waals surface area contributed by atoms with Crippen LogP contribution in [0.4, 0.5) is 0 Å². The van der Waals surface area contributed by atoms with E-state index in [2.05, 4.69) is 16.5 Å². The average Bonchev–Trinajstić information content (AvgIpc) is 2.85. The van der Waals surface area contributed by atoms with Gasteiger partial charge in [-0.2, -0.15) is 10.4 Å². The Morgan fingerprint density at radius 2 is 2.15 bits per heavy atom. The minimum atomic E-state index is -0.221. The standard InChI is InChI=1S/C14H13ClN4O/c1-19-9-12(8-17-13(20)6-15)14(18-19)11-4-2-10(7-16)3-5-11/h2-5,9H,6,8H2,1H3,(H,17,20). The molecule has 0 saturated heterocycles. The van der Waals surface area contributed by atoms with Gasteiger partial charge in [0.2, 0.25) is 5.91 Å². The summed E-state index contributed by atoms with van der Waals surface area (Å²) >= 11 is 5.45. The Morgan fingerprint density at radius 3 is 2.75 bits per heavy atom.